The Labute approximate surface area is 136 Å². The number of halogens is 3. The zero-order valence-electron chi connectivity index (χ0n) is 12.7. The molecule has 1 aliphatic heterocycles. The summed E-state index contributed by atoms with van der Waals surface area (Å²) in [6.07, 6.45) is 2.28. The molecule has 0 bridgehead atoms. The lowest BCUT2D eigenvalue weighted by atomic mass is 9.92. The van der Waals surface area contributed by atoms with E-state index in [9.17, 15) is 13.6 Å². The molecule has 2 N–H and O–H groups in total. The smallest absolute Gasteiger partial charge is 0.223 e. The fourth-order valence-corrected chi connectivity index (χ4v) is 2.93. The molecule has 0 aliphatic carbocycles. The van der Waals surface area contributed by atoms with Crippen molar-refractivity contribution in [1.82, 2.24) is 4.90 Å². The molecule has 0 radical (unpaired) electrons. The summed E-state index contributed by atoms with van der Waals surface area (Å²) in [7, 11) is 0. The maximum absolute atomic E-state index is 13.6. The van der Waals surface area contributed by atoms with Crippen molar-refractivity contribution >= 4 is 18.3 Å². The van der Waals surface area contributed by atoms with Crippen molar-refractivity contribution in [1.29, 1.82) is 0 Å². The molecule has 2 atom stereocenters. The first kappa shape index (κ1) is 18.8. The maximum atomic E-state index is 13.6. The van der Waals surface area contributed by atoms with Crippen LogP contribution >= 0.6 is 12.4 Å². The van der Waals surface area contributed by atoms with Gasteiger partial charge in [0.05, 0.1) is 0 Å². The van der Waals surface area contributed by atoms with Gasteiger partial charge in [-0.2, -0.15) is 0 Å². The Bertz CT molecular complexity index is 513. The largest absolute Gasteiger partial charge is 0.338 e. The highest BCUT2D eigenvalue weighted by Crippen LogP contribution is 2.23. The highest BCUT2D eigenvalue weighted by molar-refractivity contribution is 5.85. The van der Waals surface area contributed by atoms with Gasteiger partial charge in [-0.15, -0.1) is 12.4 Å². The molecule has 0 aromatic heterocycles. The first-order valence-corrected chi connectivity index (χ1v) is 7.45. The van der Waals surface area contributed by atoms with Gasteiger partial charge in [0.1, 0.15) is 0 Å². The van der Waals surface area contributed by atoms with Crippen molar-refractivity contribution in [3.8, 4) is 0 Å². The van der Waals surface area contributed by atoms with Gasteiger partial charge >= 0.3 is 0 Å². The summed E-state index contributed by atoms with van der Waals surface area (Å²) in [6.45, 7) is 3.31. The van der Waals surface area contributed by atoms with E-state index in [-0.39, 0.29) is 42.8 Å². The van der Waals surface area contributed by atoms with Crippen molar-refractivity contribution in [2.45, 2.75) is 38.6 Å². The highest BCUT2D eigenvalue weighted by atomic mass is 35.5. The van der Waals surface area contributed by atoms with E-state index in [4.69, 9.17) is 5.73 Å². The Balaban J connectivity index is 0.00000242. The van der Waals surface area contributed by atoms with Gasteiger partial charge < -0.3 is 10.6 Å². The summed E-state index contributed by atoms with van der Waals surface area (Å²) in [4.78, 5) is 14.1. The molecule has 1 aliphatic rings. The molecular weight excluding hydrogens is 310 g/mol. The topological polar surface area (TPSA) is 46.3 Å². The molecule has 3 nitrogen and oxygen atoms in total. The SMILES string of the molecule is CC1CCN(C(=O)CCc2cccc(F)c2F)C(CN)C1.Cl. The third-order valence-corrected chi connectivity index (χ3v) is 4.21. The summed E-state index contributed by atoms with van der Waals surface area (Å²) >= 11 is 0. The van der Waals surface area contributed by atoms with Crippen molar-refractivity contribution in [2.24, 2.45) is 11.7 Å². The standard InChI is InChI=1S/C16H22F2N2O.ClH/c1-11-7-8-20(13(9-11)10-19)15(21)6-5-12-3-2-4-14(17)16(12)18;/h2-4,11,13H,5-10,19H2,1H3;1H. The van der Waals surface area contributed by atoms with Crippen LogP contribution in [0.3, 0.4) is 0 Å². The van der Waals surface area contributed by atoms with E-state index < -0.39 is 11.6 Å². The maximum Gasteiger partial charge on any atom is 0.223 e. The molecule has 1 heterocycles. The predicted molar refractivity (Wildman–Crippen MR) is 84.9 cm³/mol. The number of carbonyl (C=O) groups excluding carboxylic acids is 1. The number of nitrogens with zero attached hydrogens (tertiary/aromatic N) is 1. The average Bonchev–Trinajstić information content (AvgIpc) is 2.48. The third-order valence-electron chi connectivity index (χ3n) is 4.21. The summed E-state index contributed by atoms with van der Waals surface area (Å²) in [6, 6.07) is 4.13. The minimum absolute atomic E-state index is 0. The van der Waals surface area contributed by atoms with Crippen LogP contribution in [0.25, 0.3) is 0 Å². The van der Waals surface area contributed by atoms with Gasteiger partial charge in [0.25, 0.3) is 0 Å². The van der Waals surface area contributed by atoms with Crippen LogP contribution in [-0.2, 0) is 11.2 Å². The average molecular weight is 333 g/mol. The lowest BCUT2D eigenvalue weighted by Gasteiger charge is -2.38. The number of rotatable bonds is 4. The molecule has 1 amide bonds. The van der Waals surface area contributed by atoms with Crippen LogP contribution in [0.2, 0.25) is 0 Å². The predicted octanol–water partition coefficient (Wildman–Crippen LogP) is 2.91. The van der Waals surface area contributed by atoms with Crippen molar-refractivity contribution < 1.29 is 13.6 Å². The van der Waals surface area contributed by atoms with Crippen LogP contribution < -0.4 is 5.73 Å². The van der Waals surface area contributed by atoms with Crippen LogP contribution in [0.5, 0.6) is 0 Å². The van der Waals surface area contributed by atoms with Crippen LogP contribution in [0.15, 0.2) is 18.2 Å². The van der Waals surface area contributed by atoms with Gasteiger partial charge in [-0.05, 0) is 36.8 Å². The lowest BCUT2D eigenvalue weighted by molar-refractivity contribution is -0.135. The zero-order chi connectivity index (χ0) is 15.4. The first-order chi connectivity index (χ1) is 10.0. The quantitative estimate of drug-likeness (QED) is 0.921. The Morgan fingerprint density at radius 1 is 1.41 bits per heavy atom. The normalized spacial score (nSPS) is 21.4. The van der Waals surface area contributed by atoms with Gasteiger partial charge in [0.15, 0.2) is 11.6 Å². The third kappa shape index (κ3) is 4.40. The second kappa shape index (κ2) is 8.44. The number of benzene rings is 1. The summed E-state index contributed by atoms with van der Waals surface area (Å²) < 4.78 is 26.7. The van der Waals surface area contributed by atoms with Gasteiger partial charge in [-0.25, -0.2) is 8.78 Å². The summed E-state index contributed by atoms with van der Waals surface area (Å²) in [5.41, 5.74) is 5.99. The Morgan fingerprint density at radius 2 is 2.14 bits per heavy atom. The molecule has 1 aromatic rings. The summed E-state index contributed by atoms with van der Waals surface area (Å²) in [5.74, 6) is -1.18. The first-order valence-electron chi connectivity index (χ1n) is 7.45. The van der Waals surface area contributed by atoms with Crippen molar-refractivity contribution in [3.63, 3.8) is 0 Å². The molecule has 2 unspecified atom stereocenters. The lowest BCUT2D eigenvalue weighted by Crippen LogP contribution is -2.49. The number of carbonyl (C=O) groups is 1. The minimum Gasteiger partial charge on any atom is -0.338 e. The number of aryl methyl sites for hydroxylation is 1. The van der Waals surface area contributed by atoms with Crippen LogP contribution in [0.4, 0.5) is 8.78 Å². The molecule has 1 fully saturated rings. The Hall–Kier alpha value is -1.20. The second-order valence-electron chi connectivity index (χ2n) is 5.82. The Morgan fingerprint density at radius 3 is 2.82 bits per heavy atom. The van der Waals surface area contributed by atoms with Crippen LogP contribution in [0.1, 0.15) is 31.7 Å². The van der Waals surface area contributed by atoms with E-state index in [0.717, 1.165) is 18.9 Å². The number of likely N-dealkylation sites (tertiary alicyclic amines) is 1. The van der Waals surface area contributed by atoms with E-state index in [1.54, 1.807) is 4.90 Å². The second-order valence-corrected chi connectivity index (χ2v) is 5.82. The molecule has 0 spiro atoms. The van der Waals surface area contributed by atoms with Crippen LogP contribution in [0, 0.1) is 17.6 Å². The monoisotopic (exact) mass is 332 g/mol. The number of hydrogen-bond acceptors (Lipinski definition) is 2. The minimum atomic E-state index is -0.869. The van der Waals surface area contributed by atoms with E-state index in [1.807, 2.05) is 0 Å². The fourth-order valence-electron chi connectivity index (χ4n) is 2.93. The van der Waals surface area contributed by atoms with E-state index in [0.29, 0.717) is 19.0 Å². The van der Waals surface area contributed by atoms with E-state index in [1.165, 1.54) is 12.1 Å². The van der Waals surface area contributed by atoms with Crippen LogP contribution in [-0.4, -0.2) is 29.9 Å². The molecule has 124 valence electrons. The summed E-state index contributed by atoms with van der Waals surface area (Å²) in [5, 5.41) is 0. The van der Waals surface area contributed by atoms with Gasteiger partial charge in [0, 0.05) is 25.6 Å². The number of hydrogen-bond donors (Lipinski definition) is 1. The fraction of sp³-hybridized carbons (Fsp3) is 0.562. The molecule has 2 rings (SSSR count). The number of nitrogens with two attached hydrogens (primary N) is 1. The Kier molecular flexibility index (Phi) is 7.23. The van der Waals surface area contributed by atoms with Crippen molar-refractivity contribution in [2.75, 3.05) is 13.1 Å². The molecule has 1 aromatic carbocycles. The van der Waals surface area contributed by atoms with E-state index in [2.05, 4.69) is 6.92 Å². The zero-order valence-corrected chi connectivity index (χ0v) is 13.5. The molecular formula is C16H23ClF2N2O. The number of amides is 1. The van der Waals surface area contributed by atoms with Gasteiger partial charge in [-0.3, -0.25) is 4.79 Å². The molecule has 0 saturated carbocycles. The van der Waals surface area contributed by atoms with Gasteiger partial charge in [-0.1, -0.05) is 19.1 Å². The van der Waals surface area contributed by atoms with E-state index >= 15 is 0 Å². The number of piperidine rings is 1. The molecule has 22 heavy (non-hydrogen) atoms. The van der Waals surface area contributed by atoms with Crippen molar-refractivity contribution in [3.05, 3.63) is 35.4 Å². The molecule has 6 heteroatoms. The highest BCUT2D eigenvalue weighted by Gasteiger charge is 2.28. The van der Waals surface area contributed by atoms with Gasteiger partial charge in [0.2, 0.25) is 5.91 Å². The molecule has 1 saturated heterocycles.